The minimum Gasteiger partial charge on any atom is -0.461 e. The van der Waals surface area contributed by atoms with Crippen molar-refractivity contribution < 1.29 is 19.1 Å². The predicted molar refractivity (Wildman–Crippen MR) is 116 cm³/mol. The van der Waals surface area contributed by atoms with E-state index < -0.39 is 11.9 Å². The summed E-state index contributed by atoms with van der Waals surface area (Å²) in [6.45, 7) is 7.89. The first-order chi connectivity index (χ1) is 14.5. The first kappa shape index (κ1) is 22.4. The zero-order chi connectivity index (χ0) is 21.8. The van der Waals surface area contributed by atoms with Crippen molar-refractivity contribution in [3.63, 3.8) is 0 Å². The lowest BCUT2D eigenvalue weighted by atomic mass is 10.2. The summed E-state index contributed by atoms with van der Waals surface area (Å²) in [5.41, 5.74) is 8.54. The lowest BCUT2D eigenvalue weighted by molar-refractivity contribution is -0.137. The third-order valence-corrected chi connectivity index (χ3v) is 3.93. The van der Waals surface area contributed by atoms with E-state index >= 15 is 0 Å². The lowest BCUT2D eigenvalue weighted by Gasteiger charge is -2.24. The summed E-state index contributed by atoms with van der Waals surface area (Å²) in [6, 6.07) is 14.4. The standard InChI is InChI=1S/C22H24N4O4/c1-3-21(27)29-15-13-26(14-16-30-22(28)4-2)20-11-9-19(10-12-20)25-24-18-7-5-17(23)6-8-18/h3-12H,1-2,13-16,23H2. The molecule has 2 N–H and O–H groups in total. The number of nitrogen functional groups attached to an aromatic ring is 1. The van der Waals surface area contributed by atoms with Crippen molar-refractivity contribution in [2.75, 3.05) is 36.9 Å². The van der Waals surface area contributed by atoms with Gasteiger partial charge >= 0.3 is 11.9 Å². The second-order valence-corrected chi connectivity index (χ2v) is 6.04. The summed E-state index contributed by atoms with van der Waals surface area (Å²) in [5.74, 6) is -0.988. The number of nitrogens with zero attached hydrogens (tertiary/aromatic N) is 3. The van der Waals surface area contributed by atoms with E-state index in [0.717, 1.165) is 17.8 Å². The second-order valence-electron chi connectivity index (χ2n) is 6.04. The van der Waals surface area contributed by atoms with Crippen LogP contribution in [0.25, 0.3) is 0 Å². The largest absolute Gasteiger partial charge is 0.461 e. The summed E-state index contributed by atoms with van der Waals surface area (Å²) in [4.78, 5) is 24.4. The molecule has 2 aromatic carbocycles. The summed E-state index contributed by atoms with van der Waals surface area (Å²) in [7, 11) is 0. The molecule has 0 saturated heterocycles. The Kier molecular flexibility index (Phi) is 8.79. The van der Waals surface area contributed by atoms with Crippen molar-refractivity contribution >= 4 is 34.7 Å². The smallest absolute Gasteiger partial charge is 0.330 e. The quantitative estimate of drug-likeness (QED) is 0.261. The van der Waals surface area contributed by atoms with Crippen molar-refractivity contribution in [3.8, 4) is 0 Å². The molecule has 0 amide bonds. The Hall–Kier alpha value is -3.94. The van der Waals surface area contributed by atoms with Crippen LogP contribution in [0.4, 0.5) is 22.7 Å². The second kappa shape index (κ2) is 11.8. The van der Waals surface area contributed by atoms with Crippen LogP contribution in [0.5, 0.6) is 0 Å². The molecule has 8 nitrogen and oxygen atoms in total. The highest BCUT2D eigenvalue weighted by atomic mass is 16.5. The Morgan fingerprint density at radius 3 is 1.70 bits per heavy atom. The van der Waals surface area contributed by atoms with E-state index in [1.807, 2.05) is 29.2 Å². The van der Waals surface area contributed by atoms with E-state index in [1.54, 1.807) is 24.3 Å². The van der Waals surface area contributed by atoms with Crippen LogP contribution in [0.2, 0.25) is 0 Å². The normalized spacial score (nSPS) is 10.4. The van der Waals surface area contributed by atoms with Crippen LogP contribution in [0, 0.1) is 0 Å². The monoisotopic (exact) mass is 408 g/mol. The van der Waals surface area contributed by atoms with Crippen LogP contribution >= 0.6 is 0 Å². The third-order valence-electron chi connectivity index (χ3n) is 3.93. The van der Waals surface area contributed by atoms with Crippen molar-refractivity contribution in [2.24, 2.45) is 10.2 Å². The Labute approximate surface area is 175 Å². The van der Waals surface area contributed by atoms with E-state index in [-0.39, 0.29) is 13.2 Å². The molecule has 0 fully saturated rings. The molecule has 0 atom stereocenters. The van der Waals surface area contributed by atoms with Crippen LogP contribution in [0.1, 0.15) is 0 Å². The summed E-state index contributed by atoms with van der Waals surface area (Å²) in [5, 5.41) is 8.38. The van der Waals surface area contributed by atoms with Gasteiger partial charge in [0.05, 0.1) is 24.5 Å². The van der Waals surface area contributed by atoms with Gasteiger partial charge in [0.1, 0.15) is 13.2 Å². The van der Waals surface area contributed by atoms with Gasteiger partial charge in [-0.1, -0.05) is 13.2 Å². The minimum absolute atomic E-state index is 0.166. The average molecular weight is 408 g/mol. The Morgan fingerprint density at radius 2 is 1.27 bits per heavy atom. The van der Waals surface area contributed by atoms with E-state index in [2.05, 4.69) is 23.4 Å². The average Bonchev–Trinajstić information content (AvgIpc) is 2.77. The maximum Gasteiger partial charge on any atom is 0.330 e. The van der Waals surface area contributed by atoms with Crippen LogP contribution < -0.4 is 10.6 Å². The molecule has 2 rings (SSSR count). The number of rotatable bonds is 11. The summed E-state index contributed by atoms with van der Waals surface area (Å²) >= 11 is 0. The maximum atomic E-state index is 11.3. The van der Waals surface area contributed by atoms with Crippen molar-refractivity contribution in [3.05, 3.63) is 73.8 Å². The molecule has 8 heteroatoms. The topological polar surface area (TPSA) is 107 Å². The zero-order valence-corrected chi connectivity index (χ0v) is 16.6. The molecule has 0 aromatic heterocycles. The van der Waals surface area contributed by atoms with E-state index in [4.69, 9.17) is 15.2 Å². The first-order valence-electron chi connectivity index (χ1n) is 9.22. The Bertz CT molecular complexity index is 866. The molecule has 0 heterocycles. The van der Waals surface area contributed by atoms with Gasteiger partial charge in [-0.15, -0.1) is 0 Å². The first-order valence-corrected chi connectivity index (χ1v) is 9.22. The number of azo groups is 1. The molecule has 0 bridgehead atoms. The van der Waals surface area contributed by atoms with Gasteiger partial charge in [-0.05, 0) is 48.5 Å². The molecule has 0 aliphatic rings. The molecular weight excluding hydrogens is 384 g/mol. The molecule has 0 unspecified atom stereocenters. The summed E-state index contributed by atoms with van der Waals surface area (Å²) in [6.07, 6.45) is 2.22. The molecule has 2 aromatic rings. The van der Waals surface area contributed by atoms with Gasteiger partial charge in [0, 0.05) is 23.5 Å². The fourth-order valence-corrected chi connectivity index (χ4v) is 2.39. The van der Waals surface area contributed by atoms with Gasteiger partial charge in [0.2, 0.25) is 0 Å². The number of carbonyl (C=O) groups excluding carboxylic acids is 2. The van der Waals surface area contributed by atoms with Gasteiger partial charge in [-0.2, -0.15) is 10.2 Å². The minimum atomic E-state index is -0.494. The molecule has 156 valence electrons. The number of ether oxygens (including phenoxy) is 2. The number of hydrogen-bond acceptors (Lipinski definition) is 8. The number of carbonyl (C=O) groups is 2. The van der Waals surface area contributed by atoms with Gasteiger partial charge in [0.15, 0.2) is 0 Å². The summed E-state index contributed by atoms with van der Waals surface area (Å²) < 4.78 is 10.1. The van der Waals surface area contributed by atoms with Crippen LogP contribution in [0.15, 0.2) is 84.1 Å². The van der Waals surface area contributed by atoms with Gasteiger partial charge in [-0.3, -0.25) is 0 Å². The number of benzene rings is 2. The highest BCUT2D eigenvalue weighted by Crippen LogP contribution is 2.22. The molecule has 30 heavy (non-hydrogen) atoms. The third kappa shape index (κ3) is 7.59. The van der Waals surface area contributed by atoms with Crippen molar-refractivity contribution in [1.29, 1.82) is 0 Å². The fraction of sp³-hybridized carbons (Fsp3) is 0.182. The molecule has 0 spiro atoms. The highest BCUT2D eigenvalue weighted by Gasteiger charge is 2.09. The number of nitrogens with two attached hydrogens (primary N) is 1. The molecule has 0 saturated carbocycles. The van der Waals surface area contributed by atoms with Gasteiger partial charge in [-0.25, -0.2) is 9.59 Å². The molecule has 0 radical (unpaired) electrons. The van der Waals surface area contributed by atoms with E-state index in [9.17, 15) is 9.59 Å². The van der Waals surface area contributed by atoms with E-state index in [0.29, 0.717) is 30.2 Å². The predicted octanol–water partition coefficient (Wildman–Crippen LogP) is 3.95. The van der Waals surface area contributed by atoms with Crippen LogP contribution in [-0.2, 0) is 19.1 Å². The highest BCUT2D eigenvalue weighted by molar-refractivity contribution is 5.81. The van der Waals surface area contributed by atoms with Gasteiger partial charge in [0.25, 0.3) is 0 Å². The fourth-order valence-electron chi connectivity index (χ4n) is 2.39. The molecular formula is C22H24N4O4. The number of anilines is 2. The van der Waals surface area contributed by atoms with E-state index in [1.165, 1.54) is 0 Å². The number of esters is 2. The van der Waals surface area contributed by atoms with Gasteiger partial charge < -0.3 is 20.1 Å². The molecule has 0 aliphatic heterocycles. The lowest BCUT2D eigenvalue weighted by Crippen LogP contribution is -2.31. The molecule has 0 aliphatic carbocycles. The number of hydrogen-bond donors (Lipinski definition) is 1. The van der Waals surface area contributed by atoms with Crippen molar-refractivity contribution in [2.45, 2.75) is 0 Å². The maximum absolute atomic E-state index is 11.3. The Balaban J connectivity index is 2.02. The van der Waals surface area contributed by atoms with Crippen molar-refractivity contribution in [1.82, 2.24) is 0 Å². The zero-order valence-electron chi connectivity index (χ0n) is 16.6. The Morgan fingerprint density at radius 1 is 0.833 bits per heavy atom. The van der Waals surface area contributed by atoms with Crippen LogP contribution in [0.3, 0.4) is 0 Å². The SMILES string of the molecule is C=CC(=O)OCCN(CCOC(=O)C=C)c1ccc(N=Nc2ccc(N)cc2)cc1. The van der Waals surface area contributed by atoms with Crippen LogP contribution in [-0.4, -0.2) is 38.2 Å².